The first-order valence-corrected chi connectivity index (χ1v) is 6.04. The summed E-state index contributed by atoms with van der Waals surface area (Å²) in [5, 5.41) is 4.20. The standard InChI is InChI=1S/C14H18N2O2/c1-4-15-9-11-7-10-8-12(18-3)5-6-13(10)16(2)14(11)17/h5-8,15H,4,9H2,1-3H3. The molecule has 1 N–H and O–H groups in total. The maximum Gasteiger partial charge on any atom is 0.255 e. The van der Waals surface area contributed by atoms with Gasteiger partial charge in [0.05, 0.1) is 12.6 Å². The molecule has 1 aromatic carbocycles. The second kappa shape index (κ2) is 5.23. The van der Waals surface area contributed by atoms with E-state index < -0.39 is 0 Å². The van der Waals surface area contributed by atoms with Crippen molar-refractivity contribution in [3.8, 4) is 5.75 Å². The number of aryl methyl sites for hydroxylation is 1. The molecule has 1 heterocycles. The Morgan fingerprint density at radius 3 is 2.78 bits per heavy atom. The minimum atomic E-state index is 0.0496. The molecule has 4 heteroatoms. The molecular formula is C14H18N2O2. The minimum Gasteiger partial charge on any atom is -0.497 e. The summed E-state index contributed by atoms with van der Waals surface area (Å²) in [4.78, 5) is 12.1. The van der Waals surface area contributed by atoms with Gasteiger partial charge in [-0.2, -0.15) is 0 Å². The van der Waals surface area contributed by atoms with Crippen LogP contribution in [0.2, 0.25) is 0 Å². The first-order valence-electron chi connectivity index (χ1n) is 6.04. The van der Waals surface area contributed by atoms with Gasteiger partial charge in [0, 0.05) is 24.5 Å². The van der Waals surface area contributed by atoms with E-state index in [4.69, 9.17) is 4.74 Å². The van der Waals surface area contributed by atoms with Gasteiger partial charge in [-0.3, -0.25) is 4.79 Å². The molecule has 0 amide bonds. The molecule has 4 nitrogen and oxygen atoms in total. The van der Waals surface area contributed by atoms with Gasteiger partial charge in [0.1, 0.15) is 5.75 Å². The van der Waals surface area contributed by atoms with Crippen molar-refractivity contribution in [3.05, 3.63) is 40.2 Å². The lowest BCUT2D eigenvalue weighted by Crippen LogP contribution is -2.25. The van der Waals surface area contributed by atoms with Crippen molar-refractivity contribution in [2.24, 2.45) is 7.05 Å². The molecule has 0 unspecified atom stereocenters. The Hall–Kier alpha value is -1.81. The van der Waals surface area contributed by atoms with Crippen LogP contribution in [0.15, 0.2) is 29.1 Å². The number of methoxy groups -OCH3 is 1. The molecule has 0 saturated carbocycles. The third kappa shape index (κ3) is 2.24. The van der Waals surface area contributed by atoms with Crippen molar-refractivity contribution >= 4 is 10.9 Å². The van der Waals surface area contributed by atoms with Crippen LogP contribution in [0.25, 0.3) is 10.9 Å². The molecule has 0 aliphatic rings. The van der Waals surface area contributed by atoms with E-state index in [0.29, 0.717) is 6.54 Å². The van der Waals surface area contributed by atoms with Crippen LogP contribution in [-0.2, 0) is 13.6 Å². The SMILES string of the molecule is CCNCc1cc2cc(OC)ccc2n(C)c1=O. The highest BCUT2D eigenvalue weighted by atomic mass is 16.5. The van der Waals surface area contributed by atoms with E-state index in [1.54, 1.807) is 18.7 Å². The zero-order valence-electron chi connectivity index (χ0n) is 11.0. The lowest BCUT2D eigenvalue weighted by atomic mass is 10.1. The van der Waals surface area contributed by atoms with Crippen LogP contribution < -0.4 is 15.6 Å². The molecule has 0 spiro atoms. The molecule has 0 fully saturated rings. The number of fused-ring (bicyclic) bond motifs is 1. The van der Waals surface area contributed by atoms with Gasteiger partial charge in [-0.15, -0.1) is 0 Å². The number of benzene rings is 1. The summed E-state index contributed by atoms with van der Waals surface area (Å²) in [5.74, 6) is 0.801. The number of rotatable bonds is 4. The van der Waals surface area contributed by atoms with Gasteiger partial charge in [0.15, 0.2) is 0 Å². The van der Waals surface area contributed by atoms with Crippen molar-refractivity contribution in [2.45, 2.75) is 13.5 Å². The Bertz CT molecular complexity index is 617. The van der Waals surface area contributed by atoms with Crippen LogP contribution in [0.1, 0.15) is 12.5 Å². The quantitative estimate of drug-likeness (QED) is 0.892. The molecule has 96 valence electrons. The number of ether oxygens (including phenoxy) is 1. The first kappa shape index (κ1) is 12.6. The predicted octanol–water partition coefficient (Wildman–Crippen LogP) is 1.66. The van der Waals surface area contributed by atoms with E-state index in [-0.39, 0.29) is 5.56 Å². The van der Waals surface area contributed by atoms with Crippen LogP contribution >= 0.6 is 0 Å². The van der Waals surface area contributed by atoms with E-state index in [0.717, 1.165) is 28.8 Å². The third-order valence-corrected chi connectivity index (χ3v) is 3.07. The summed E-state index contributed by atoms with van der Waals surface area (Å²) in [6, 6.07) is 7.66. The van der Waals surface area contributed by atoms with Crippen LogP contribution in [0.4, 0.5) is 0 Å². The maximum absolute atomic E-state index is 12.1. The highest BCUT2D eigenvalue weighted by Crippen LogP contribution is 2.19. The molecule has 1 aromatic heterocycles. The van der Waals surface area contributed by atoms with Gasteiger partial charge in [-0.05, 0) is 30.8 Å². The lowest BCUT2D eigenvalue weighted by molar-refractivity contribution is 0.415. The van der Waals surface area contributed by atoms with Gasteiger partial charge >= 0.3 is 0 Å². The average molecular weight is 246 g/mol. The Balaban J connectivity index is 2.60. The van der Waals surface area contributed by atoms with Crippen molar-refractivity contribution in [3.63, 3.8) is 0 Å². The third-order valence-electron chi connectivity index (χ3n) is 3.07. The summed E-state index contributed by atoms with van der Waals surface area (Å²) in [7, 11) is 3.44. The summed E-state index contributed by atoms with van der Waals surface area (Å²) >= 11 is 0. The molecule has 0 atom stereocenters. The Morgan fingerprint density at radius 1 is 1.33 bits per heavy atom. The average Bonchev–Trinajstić information content (AvgIpc) is 2.40. The molecule has 0 radical (unpaired) electrons. The lowest BCUT2D eigenvalue weighted by Gasteiger charge is -2.10. The smallest absolute Gasteiger partial charge is 0.255 e. The summed E-state index contributed by atoms with van der Waals surface area (Å²) < 4.78 is 6.89. The number of nitrogens with zero attached hydrogens (tertiary/aromatic N) is 1. The number of hydrogen-bond donors (Lipinski definition) is 1. The maximum atomic E-state index is 12.1. The molecular weight excluding hydrogens is 228 g/mol. The summed E-state index contributed by atoms with van der Waals surface area (Å²) in [5.41, 5.74) is 1.75. The molecule has 2 rings (SSSR count). The van der Waals surface area contributed by atoms with Crippen molar-refractivity contribution < 1.29 is 4.74 Å². The van der Waals surface area contributed by atoms with Crippen LogP contribution in [0, 0.1) is 0 Å². The second-order valence-corrected chi connectivity index (χ2v) is 4.24. The minimum absolute atomic E-state index is 0.0496. The predicted molar refractivity (Wildman–Crippen MR) is 73.1 cm³/mol. The summed E-state index contributed by atoms with van der Waals surface area (Å²) in [6.07, 6.45) is 0. The number of pyridine rings is 1. The Labute approximate surface area is 106 Å². The largest absolute Gasteiger partial charge is 0.497 e. The molecule has 2 aromatic rings. The van der Waals surface area contributed by atoms with Gasteiger partial charge < -0.3 is 14.6 Å². The molecule has 0 aliphatic heterocycles. The highest BCUT2D eigenvalue weighted by Gasteiger charge is 2.07. The molecule has 18 heavy (non-hydrogen) atoms. The van der Waals surface area contributed by atoms with Crippen LogP contribution in [-0.4, -0.2) is 18.2 Å². The number of aromatic nitrogens is 1. The van der Waals surface area contributed by atoms with Crippen molar-refractivity contribution in [1.29, 1.82) is 0 Å². The normalized spacial score (nSPS) is 10.8. The number of nitrogens with one attached hydrogen (secondary N) is 1. The molecule has 0 saturated heterocycles. The number of hydrogen-bond acceptors (Lipinski definition) is 3. The first-order chi connectivity index (χ1) is 8.67. The van der Waals surface area contributed by atoms with E-state index >= 15 is 0 Å². The zero-order valence-corrected chi connectivity index (χ0v) is 11.0. The second-order valence-electron chi connectivity index (χ2n) is 4.24. The van der Waals surface area contributed by atoms with Gasteiger partial charge in [-0.1, -0.05) is 6.92 Å². The topological polar surface area (TPSA) is 43.3 Å². The fourth-order valence-electron chi connectivity index (χ4n) is 2.04. The molecule has 0 aliphatic carbocycles. The van der Waals surface area contributed by atoms with E-state index in [1.165, 1.54) is 0 Å². The van der Waals surface area contributed by atoms with E-state index in [9.17, 15) is 4.79 Å². The van der Waals surface area contributed by atoms with Gasteiger partial charge in [-0.25, -0.2) is 0 Å². The van der Waals surface area contributed by atoms with E-state index in [1.807, 2.05) is 31.2 Å². The van der Waals surface area contributed by atoms with Crippen molar-refractivity contribution in [1.82, 2.24) is 9.88 Å². The molecule has 0 bridgehead atoms. The summed E-state index contributed by atoms with van der Waals surface area (Å²) in [6.45, 7) is 3.46. The fraction of sp³-hybridized carbons (Fsp3) is 0.357. The highest BCUT2D eigenvalue weighted by molar-refractivity contribution is 5.81. The van der Waals surface area contributed by atoms with Gasteiger partial charge in [0.2, 0.25) is 0 Å². The Morgan fingerprint density at radius 2 is 2.11 bits per heavy atom. The van der Waals surface area contributed by atoms with Crippen LogP contribution in [0.5, 0.6) is 5.75 Å². The Kier molecular flexibility index (Phi) is 3.67. The van der Waals surface area contributed by atoms with Crippen molar-refractivity contribution in [2.75, 3.05) is 13.7 Å². The van der Waals surface area contributed by atoms with E-state index in [2.05, 4.69) is 5.32 Å². The zero-order chi connectivity index (χ0) is 13.1. The van der Waals surface area contributed by atoms with Crippen LogP contribution in [0.3, 0.4) is 0 Å². The fourth-order valence-corrected chi connectivity index (χ4v) is 2.04. The monoisotopic (exact) mass is 246 g/mol. The van der Waals surface area contributed by atoms with Gasteiger partial charge in [0.25, 0.3) is 5.56 Å².